The van der Waals surface area contributed by atoms with Gasteiger partial charge in [-0.25, -0.2) is 0 Å². The number of rotatable bonds is 2. The Bertz CT molecular complexity index is 624. The van der Waals surface area contributed by atoms with Crippen molar-refractivity contribution in [1.29, 1.82) is 0 Å². The van der Waals surface area contributed by atoms with E-state index in [1.165, 1.54) is 31.2 Å². The summed E-state index contributed by atoms with van der Waals surface area (Å²) in [6, 6.07) is 6.30. The van der Waals surface area contributed by atoms with Crippen LogP contribution >= 0.6 is 0 Å². The molecule has 5 nitrogen and oxygen atoms in total. The van der Waals surface area contributed by atoms with E-state index in [0.717, 1.165) is 30.3 Å². The monoisotopic (exact) mass is 285 g/mol. The number of hydrogen-bond donors (Lipinski definition) is 1. The number of aryl methyl sites for hydroxylation is 2. The largest absolute Gasteiger partial charge is 0.368 e. The minimum Gasteiger partial charge on any atom is -0.368 e. The van der Waals surface area contributed by atoms with E-state index in [-0.39, 0.29) is 0 Å². The molecule has 1 aliphatic rings. The lowest BCUT2D eigenvalue weighted by atomic mass is 10.1. The van der Waals surface area contributed by atoms with Crippen molar-refractivity contribution in [3.63, 3.8) is 0 Å². The number of hydrogen-bond acceptors (Lipinski definition) is 4. The molecule has 2 aromatic rings. The highest BCUT2D eigenvalue weighted by molar-refractivity contribution is 5.48. The number of nitrogens with two attached hydrogens (primary N) is 1. The van der Waals surface area contributed by atoms with Gasteiger partial charge in [0.25, 0.3) is 0 Å². The predicted molar refractivity (Wildman–Crippen MR) is 85.9 cm³/mol. The molecule has 0 unspecified atom stereocenters. The molecule has 2 N–H and O–H groups in total. The summed E-state index contributed by atoms with van der Waals surface area (Å²) in [7, 11) is 0. The van der Waals surface area contributed by atoms with Crippen LogP contribution in [0, 0.1) is 13.8 Å². The molecule has 1 aromatic heterocycles. The molecule has 1 aliphatic heterocycles. The molecule has 0 radical (unpaired) electrons. The first-order chi connectivity index (χ1) is 10.1. The number of benzene rings is 1. The van der Waals surface area contributed by atoms with Crippen molar-refractivity contribution >= 4 is 11.9 Å². The summed E-state index contributed by atoms with van der Waals surface area (Å²) in [4.78, 5) is 6.73. The van der Waals surface area contributed by atoms with Crippen molar-refractivity contribution in [2.45, 2.75) is 39.5 Å². The zero-order chi connectivity index (χ0) is 14.8. The van der Waals surface area contributed by atoms with Crippen molar-refractivity contribution in [3.05, 3.63) is 29.3 Å². The summed E-state index contributed by atoms with van der Waals surface area (Å²) in [5, 5.41) is 4.65. The average molecular weight is 285 g/mol. The second-order valence-corrected chi connectivity index (χ2v) is 5.87. The van der Waals surface area contributed by atoms with Gasteiger partial charge in [0.05, 0.1) is 5.69 Å². The van der Waals surface area contributed by atoms with Gasteiger partial charge in [-0.05, 0) is 43.9 Å². The molecule has 0 saturated carbocycles. The number of nitrogens with zero attached hydrogens (tertiary/aromatic N) is 4. The lowest BCUT2D eigenvalue weighted by molar-refractivity contribution is 0.726. The predicted octanol–water partition coefficient (Wildman–Crippen LogP) is 2.85. The van der Waals surface area contributed by atoms with E-state index < -0.39 is 0 Å². The van der Waals surface area contributed by atoms with E-state index in [2.05, 4.69) is 47.0 Å². The number of aromatic nitrogens is 3. The summed E-state index contributed by atoms with van der Waals surface area (Å²) < 4.78 is 1.77. The Kier molecular flexibility index (Phi) is 3.82. The first-order valence-corrected chi connectivity index (χ1v) is 7.70. The van der Waals surface area contributed by atoms with Crippen LogP contribution in [-0.2, 0) is 0 Å². The van der Waals surface area contributed by atoms with Crippen LogP contribution in [0.5, 0.6) is 0 Å². The fourth-order valence-corrected chi connectivity index (χ4v) is 2.84. The molecule has 5 heteroatoms. The topological polar surface area (TPSA) is 60.0 Å². The molecule has 0 atom stereocenters. The Labute approximate surface area is 125 Å². The molecule has 0 spiro atoms. The molecule has 1 fully saturated rings. The quantitative estimate of drug-likeness (QED) is 0.921. The highest BCUT2D eigenvalue weighted by Crippen LogP contribution is 2.22. The number of nitrogen functional groups attached to an aromatic ring is 1. The van der Waals surface area contributed by atoms with Crippen molar-refractivity contribution < 1.29 is 0 Å². The Hall–Kier alpha value is -2.04. The lowest BCUT2D eigenvalue weighted by Gasteiger charge is -2.17. The molecule has 112 valence electrons. The van der Waals surface area contributed by atoms with E-state index in [4.69, 9.17) is 5.73 Å². The minimum absolute atomic E-state index is 0.461. The molecule has 0 aliphatic carbocycles. The van der Waals surface area contributed by atoms with E-state index >= 15 is 0 Å². The Morgan fingerprint density at radius 1 is 1.05 bits per heavy atom. The molecular formula is C16H23N5. The first kappa shape index (κ1) is 13.9. The van der Waals surface area contributed by atoms with Crippen LogP contribution < -0.4 is 10.6 Å². The molecule has 1 saturated heterocycles. The van der Waals surface area contributed by atoms with Crippen LogP contribution in [0.4, 0.5) is 11.9 Å². The zero-order valence-corrected chi connectivity index (χ0v) is 12.8. The fraction of sp³-hybridized carbons (Fsp3) is 0.500. The molecule has 1 aromatic carbocycles. The SMILES string of the molecule is Cc1ccc(C)c(-n2nc(N3CCCCCC3)nc2N)c1. The van der Waals surface area contributed by atoms with E-state index in [0.29, 0.717) is 5.95 Å². The average Bonchev–Trinajstić information content (AvgIpc) is 2.69. The van der Waals surface area contributed by atoms with Crippen molar-refractivity contribution in [3.8, 4) is 5.69 Å². The van der Waals surface area contributed by atoms with Gasteiger partial charge in [-0.15, -0.1) is 5.10 Å². The Morgan fingerprint density at radius 3 is 2.48 bits per heavy atom. The second kappa shape index (κ2) is 5.76. The molecule has 0 bridgehead atoms. The van der Waals surface area contributed by atoms with Crippen LogP contribution in [0.1, 0.15) is 36.8 Å². The summed E-state index contributed by atoms with van der Waals surface area (Å²) in [6.45, 7) is 6.19. The molecule has 3 rings (SSSR count). The van der Waals surface area contributed by atoms with Crippen molar-refractivity contribution in [2.75, 3.05) is 23.7 Å². The molecule has 2 heterocycles. The maximum Gasteiger partial charge on any atom is 0.246 e. The molecule has 21 heavy (non-hydrogen) atoms. The van der Waals surface area contributed by atoms with Gasteiger partial charge in [0.1, 0.15) is 0 Å². The normalized spacial score (nSPS) is 16.0. The van der Waals surface area contributed by atoms with Gasteiger partial charge in [-0.3, -0.25) is 0 Å². The fourth-order valence-electron chi connectivity index (χ4n) is 2.84. The van der Waals surface area contributed by atoms with E-state index in [1.807, 2.05) is 0 Å². The highest BCUT2D eigenvalue weighted by Gasteiger charge is 2.17. The first-order valence-electron chi connectivity index (χ1n) is 7.70. The van der Waals surface area contributed by atoms with Gasteiger partial charge in [-0.1, -0.05) is 25.0 Å². The van der Waals surface area contributed by atoms with Crippen molar-refractivity contribution in [2.24, 2.45) is 0 Å². The zero-order valence-electron chi connectivity index (χ0n) is 12.8. The molecular weight excluding hydrogens is 262 g/mol. The Morgan fingerprint density at radius 2 is 1.76 bits per heavy atom. The standard InChI is InChI=1S/C16H23N5/c1-12-7-8-13(2)14(11-12)21-15(17)18-16(19-21)20-9-5-3-4-6-10-20/h7-8,11H,3-6,9-10H2,1-2H3,(H2,17,18,19). The maximum absolute atomic E-state index is 6.10. The summed E-state index contributed by atoms with van der Waals surface area (Å²) in [5.74, 6) is 1.22. The second-order valence-electron chi connectivity index (χ2n) is 5.87. The highest BCUT2D eigenvalue weighted by atomic mass is 15.5. The molecule has 0 amide bonds. The Balaban J connectivity index is 1.95. The summed E-state index contributed by atoms with van der Waals surface area (Å²) >= 11 is 0. The van der Waals surface area contributed by atoms with Gasteiger partial charge in [0.2, 0.25) is 11.9 Å². The van der Waals surface area contributed by atoms with Crippen LogP contribution in [-0.4, -0.2) is 27.9 Å². The van der Waals surface area contributed by atoms with E-state index in [1.54, 1.807) is 4.68 Å². The van der Waals surface area contributed by atoms with Gasteiger partial charge in [-0.2, -0.15) is 9.67 Å². The van der Waals surface area contributed by atoms with Gasteiger partial charge >= 0.3 is 0 Å². The van der Waals surface area contributed by atoms with Crippen LogP contribution in [0.2, 0.25) is 0 Å². The maximum atomic E-state index is 6.10. The summed E-state index contributed by atoms with van der Waals surface area (Å²) in [5.41, 5.74) is 9.46. The van der Waals surface area contributed by atoms with Crippen LogP contribution in [0.15, 0.2) is 18.2 Å². The smallest absolute Gasteiger partial charge is 0.246 e. The third kappa shape index (κ3) is 2.86. The van der Waals surface area contributed by atoms with Gasteiger partial charge in [0, 0.05) is 13.1 Å². The van der Waals surface area contributed by atoms with E-state index in [9.17, 15) is 0 Å². The van der Waals surface area contributed by atoms with Crippen LogP contribution in [0.25, 0.3) is 5.69 Å². The third-order valence-electron chi connectivity index (χ3n) is 4.10. The lowest BCUT2D eigenvalue weighted by Crippen LogP contribution is -2.25. The number of anilines is 2. The van der Waals surface area contributed by atoms with Gasteiger partial charge < -0.3 is 10.6 Å². The third-order valence-corrected chi connectivity index (χ3v) is 4.10. The minimum atomic E-state index is 0.461. The van der Waals surface area contributed by atoms with Crippen molar-refractivity contribution in [1.82, 2.24) is 14.8 Å². The van der Waals surface area contributed by atoms with Crippen LogP contribution in [0.3, 0.4) is 0 Å². The summed E-state index contributed by atoms with van der Waals surface area (Å²) in [6.07, 6.45) is 5.00. The van der Waals surface area contributed by atoms with Gasteiger partial charge in [0.15, 0.2) is 0 Å².